The number of carbonyl (C=O) groups is 2. The fraction of sp³-hybridized carbons (Fsp3) is 0.357. The van der Waals surface area contributed by atoms with E-state index in [1.54, 1.807) is 0 Å². The van der Waals surface area contributed by atoms with Crippen LogP contribution in [0.5, 0.6) is 0 Å². The standard InChI is InChI=1S/C28H30N2O4S/c29-27(32)28(12-16-34-17-13-28)35(33)25-10-8-20(9-11-25)21-4-5-23-19-24(7-6-22(23)18-21)26(31)30-14-2-1-3-15-30/h4-11,18-19H,1-3,12-17H2,(H2,29,32). The first-order valence-corrected chi connectivity index (χ1v) is 13.4. The summed E-state index contributed by atoms with van der Waals surface area (Å²) in [5.41, 5.74) is 8.42. The van der Waals surface area contributed by atoms with Gasteiger partial charge in [0.05, 0.1) is 10.8 Å². The molecule has 0 spiro atoms. The number of amides is 2. The number of hydrogen-bond donors (Lipinski definition) is 1. The van der Waals surface area contributed by atoms with Crippen molar-refractivity contribution in [2.75, 3.05) is 26.3 Å². The Morgan fingerprint density at radius 2 is 1.46 bits per heavy atom. The van der Waals surface area contributed by atoms with Gasteiger partial charge in [0, 0.05) is 36.8 Å². The lowest BCUT2D eigenvalue weighted by Crippen LogP contribution is -2.51. The molecule has 35 heavy (non-hydrogen) atoms. The molecule has 3 aromatic carbocycles. The van der Waals surface area contributed by atoms with Gasteiger partial charge in [0.2, 0.25) is 5.91 Å². The van der Waals surface area contributed by atoms with Crippen LogP contribution in [0.1, 0.15) is 42.5 Å². The third kappa shape index (κ3) is 4.62. The molecule has 0 aromatic heterocycles. The minimum absolute atomic E-state index is 0.109. The van der Waals surface area contributed by atoms with Gasteiger partial charge in [-0.15, -0.1) is 0 Å². The van der Waals surface area contributed by atoms with Crippen LogP contribution in [0.4, 0.5) is 0 Å². The normalized spacial score (nSPS) is 18.8. The van der Waals surface area contributed by atoms with Crippen LogP contribution in [0, 0.1) is 0 Å². The Morgan fingerprint density at radius 3 is 2.14 bits per heavy atom. The highest BCUT2D eigenvalue weighted by atomic mass is 32.2. The fourth-order valence-electron chi connectivity index (χ4n) is 5.06. The Morgan fingerprint density at radius 1 is 0.829 bits per heavy atom. The van der Waals surface area contributed by atoms with Crippen molar-refractivity contribution >= 4 is 33.4 Å². The van der Waals surface area contributed by atoms with E-state index >= 15 is 0 Å². The van der Waals surface area contributed by atoms with Crippen LogP contribution >= 0.6 is 0 Å². The van der Waals surface area contributed by atoms with Crippen molar-refractivity contribution in [3.05, 3.63) is 66.2 Å². The Kier molecular flexibility index (Phi) is 6.71. The summed E-state index contributed by atoms with van der Waals surface area (Å²) in [5.74, 6) is -0.423. The van der Waals surface area contributed by atoms with Gasteiger partial charge in [0.1, 0.15) is 4.75 Å². The zero-order valence-corrected chi connectivity index (χ0v) is 20.5. The first-order valence-electron chi connectivity index (χ1n) is 12.2. The Labute approximate surface area is 207 Å². The lowest BCUT2D eigenvalue weighted by atomic mass is 9.98. The number of nitrogens with two attached hydrogens (primary N) is 1. The molecule has 2 aliphatic heterocycles. The molecule has 5 rings (SSSR count). The van der Waals surface area contributed by atoms with E-state index in [2.05, 4.69) is 6.07 Å². The van der Waals surface area contributed by atoms with Gasteiger partial charge < -0.3 is 15.4 Å². The van der Waals surface area contributed by atoms with Crippen molar-refractivity contribution in [2.24, 2.45) is 5.73 Å². The van der Waals surface area contributed by atoms with E-state index in [0.717, 1.165) is 53.4 Å². The number of fused-ring (bicyclic) bond motifs is 1. The van der Waals surface area contributed by atoms with Gasteiger partial charge in [0.15, 0.2) is 0 Å². The quantitative estimate of drug-likeness (QED) is 0.578. The predicted molar refractivity (Wildman–Crippen MR) is 138 cm³/mol. The minimum atomic E-state index is -1.55. The van der Waals surface area contributed by atoms with Crippen molar-refractivity contribution < 1.29 is 18.5 Å². The highest BCUT2D eigenvalue weighted by molar-refractivity contribution is 7.87. The van der Waals surface area contributed by atoms with Crippen LogP contribution in [-0.4, -0.2) is 52.0 Å². The lowest BCUT2D eigenvalue weighted by molar-refractivity contribution is -0.122. The summed E-state index contributed by atoms with van der Waals surface area (Å²) in [5, 5.41) is 2.08. The van der Waals surface area contributed by atoms with E-state index in [0.29, 0.717) is 31.0 Å². The van der Waals surface area contributed by atoms with Crippen LogP contribution in [0.2, 0.25) is 0 Å². The molecule has 2 N–H and O–H groups in total. The highest BCUT2D eigenvalue weighted by Gasteiger charge is 2.45. The van der Waals surface area contributed by atoms with Gasteiger partial charge in [-0.1, -0.05) is 30.3 Å². The molecule has 7 heteroatoms. The largest absolute Gasteiger partial charge is 0.381 e. The van der Waals surface area contributed by atoms with Crippen molar-refractivity contribution in [1.82, 2.24) is 4.90 Å². The zero-order valence-electron chi connectivity index (χ0n) is 19.7. The number of rotatable bonds is 5. The summed E-state index contributed by atoms with van der Waals surface area (Å²) in [6.07, 6.45) is 4.08. The molecule has 2 aliphatic rings. The number of likely N-dealkylation sites (tertiary alicyclic amines) is 1. The summed E-state index contributed by atoms with van der Waals surface area (Å²) in [6, 6.07) is 19.5. The van der Waals surface area contributed by atoms with Crippen LogP contribution in [0.15, 0.2) is 65.6 Å². The number of nitrogens with zero attached hydrogens (tertiary/aromatic N) is 1. The van der Waals surface area contributed by atoms with Gasteiger partial charge in [0.25, 0.3) is 5.91 Å². The van der Waals surface area contributed by atoms with Crippen molar-refractivity contribution in [1.29, 1.82) is 0 Å². The molecule has 182 valence electrons. The molecule has 6 nitrogen and oxygen atoms in total. The summed E-state index contributed by atoms with van der Waals surface area (Å²) >= 11 is 0. The number of primary amides is 1. The summed E-state index contributed by atoms with van der Waals surface area (Å²) < 4.78 is 17.6. The van der Waals surface area contributed by atoms with Gasteiger partial charge in [-0.25, -0.2) is 0 Å². The predicted octanol–water partition coefficient (Wildman–Crippen LogP) is 4.28. The van der Waals surface area contributed by atoms with E-state index in [4.69, 9.17) is 10.5 Å². The van der Waals surface area contributed by atoms with Crippen LogP contribution in [0.25, 0.3) is 21.9 Å². The first kappa shape index (κ1) is 23.7. The van der Waals surface area contributed by atoms with Crippen LogP contribution < -0.4 is 5.73 Å². The molecule has 1 unspecified atom stereocenters. The topological polar surface area (TPSA) is 89.7 Å². The fourth-order valence-corrected chi connectivity index (χ4v) is 6.61. The third-order valence-corrected chi connectivity index (χ3v) is 9.26. The van der Waals surface area contributed by atoms with E-state index in [9.17, 15) is 13.8 Å². The number of benzene rings is 3. The van der Waals surface area contributed by atoms with Crippen molar-refractivity contribution in [3.8, 4) is 11.1 Å². The van der Waals surface area contributed by atoms with Gasteiger partial charge in [-0.05, 0) is 84.3 Å². The first-order chi connectivity index (χ1) is 17.0. The second-order valence-electron chi connectivity index (χ2n) is 9.39. The average molecular weight is 491 g/mol. The number of carbonyl (C=O) groups excluding carboxylic acids is 2. The molecule has 0 saturated carbocycles. The molecular formula is C28H30N2O4S. The van der Waals surface area contributed by atoms with Gasteiger partial charge in [-0.2, -0.15) is 0 Å². The van der Waals surface area contributed by atoms with E-state index in [1.165, 1.54) is 6.42 Å². The van der Waals surface area contributed by atoms with Gasteiger partial charge >= 0.3 is 0 Å². The number of piperidine rings is 1. The van der Waals surface area contributed by atoms with E-state index < -0.39 is 21.5 Å². The summed E-state index contributed by atoms with van der Waals surface area (Å²) in [7, 11) is -1.55. The van der Waals surface area contributed by atoms with E-state index in [1.807, 2.05) is 59.5 Å². The highest BCUT2D eigenvalue weighted by Crippen LogP contribution is 2.33. The number of hydrogen-bond acceptors (Lipinski definition) is 4. The lowest BCUT2D eigenvalue weighted by Gasteiger charge is -2.33. The van der Waals surface area contributed by atoms with E-state index in [-0.39, 0.29) is 5.91 Å². The molecular weight excluding hydrogens is 460 g/mol. The molecule has 0 radical (unpaired) electrons. The van der Waals surface area contributed by atoms with Gasteiger partial charge in [-0.3, -0.25) is 13.8 Å². The maximum atomic E-state index is 13.3. The van der Waals surface area contributed by atoms with Crippen molar-refractivity contribution in [2.45, 2.75) is 41.7 Å². The Hall–Kier alpha value is -3.03. The number of ether oxygens (including phenoxy) is 1. The molecule has 2 saturated heterocycles. The van der Waals surface area contributed by atoms with Crippen LogP contribution in [0.3, 0.4) is 0 Å². The van der Waals surface area contributed by atoms with Crippen LogP contribution in [-0.2, 0) is 20.3 Å². The Balaban J connectivity index is 1.37. The Bertz CT molecular complexity index is 1280. The molecule has 0 aliphatic carbocycles. The minimum Gasteiger partial charge on any atom is -0.381 e. The molecule has 2 heterocycles. The average Bonchev–Trinajstić information content (AvgIpc) is 2.92. The molecule has 0 bridgehead atoms. The maximum absolute atomic E-state index is 13.3. The molecule has 2 fully saturated rings. The van der Waals surface area contributed by atoms with Crippen molar-refractivity contribution in [3.63, 3.8) is 0 Å². The molecule has 2 amide bonds. The summed E-state index contributed by atoms with van der Waals surface area (Å²) in [4.78, 5) is 27.6. The molecule has 3 aromatic rings. The second kappa shape index (κ2) is 9.91. The second-order valence-corrected chi connectivity index (χ2v) is 11.2. The molecule has 1 atom stereocenters. The maximum Gasteiger partial charge on any atom is 0.253 e. The SMILES string of the molecule is NC(=O)C1(S(=O)c2ccc(-c3ccc4cc(C(=O)N5CCCCC5)ccc4c3)cc2)CCOCC1. The third-order valence-electron chi connectivity index (χ3n) is 7.24. The summed E-state index contributed by atoms with van der Waals surface area (Å²) in [6.45, 7) is 2.44. The zero-order chi connectivity index (χ0) is 24.4. The smallest absolute Gasteiger partial charge is 0.253 e. The monoisotopic (exact) mass is 490 g/mol.